The van der Waals surface area contributed by atoms with Crippen LogP contribution in [0.2, 0.25) is 0 Å². The number of rotatable bonds is 8. The van der Waals surface area contributed by atoms with Crippen LogP contribution in [-0.2, 0) is 11.2 Å². The molecular weight excluding hydrogens is 308 g/mol. The smallest absolute Gasteiger partial charge is 0.339 e. The van der Waals surface area contributed by atoms with Gasteiger partial charge in [-0.05, 0) is 43.2 Å². The molecule has 6 heteroatoms. The normalized spacial score (nSPS) is 10.1. The molecule has 1 heterocycles. The van der Waals surface area contributed by atoms with E-state index < -0.39 is 0 Å². The molecule has 24 heavy (non-hydrogen) atoms. The van der Waals surface area contributed by atoms with Crippen LogP contribution < -0.4 is 14.8 Å². The molecule has 0 aliphatic rings. The molecule has 6 nitrogen and oxygen atoms in total. The number of anilines is 1. The lowest BCUT2D eigenvalue weighted by Crippen LogP contribution is -2.08. The van der Waals surface area contributed by atoms with Gasteiger partial charge >= 0.3 is 5.97 Å². The highest BCUT2D eigenvalue weighted by molar-refractivity contribution is 5.89. The van der Waals surface area contributed by atoms with Crippen LogP contribution in [0.1, 0.15) is 22.8 Å². The minimum absolute atomic E-state index is 0.351. The number of hydrogen-bond acceptors (Lipinski definition) is 6. The van der Waals surface area contributed by atoms with Gasteiger partial charge in [-0.15, -0.1) is 0 Å². The van der Waals surface area contributed by atoms with Crippen molar-refractivity contribution in [2.24, 2.45) is 0 Å². The monoisotopic (exact) mass is 330 g/mol. The van der Waals surface area contributed by atoms with Crippen molar-refractivity contribution in [2.75, 3.05) is 32.7 Å². The Morgan fingerprint density at radius 1 is 1.12 bits per heavy atom. The Morgan fingerprint density at radius 3 is 2.54 bits per heavy atom. The molecule has 0 aliphatic heterocycles. The number of nitrogens with zero attached hydrogens (tertiary/aromatic N) is 1. The third-order valence-electron chi connectivity index (χ3n) is 3.44. The summed E-state index contributed by atoms with van der Waals surface area (Å²) < 4.78 is 15.4. The molecular formula is C18H22N2O4. The fraction of sp³-hybridized carbons (Fsp3) is 0.333. The average molecular weight is 330 g/mol. The number of esters is 1. The van der Waals surface area contributed by atoms with Crippen molar-refractivity contribution < 1.29 is 19.0 Å². The second-order valence-corrected chi connectivity index (χ2v) is 5.02. The molecule has 0 radical (unpaired) electrons. The summed E-state index contributed by atoms with van der Waals surface area (Å²) in [6.45, 7) is 2.83. The predicted molar refractivity (Wildman–Crippen MR) is 91.9 cm³/mol. The van der Waals surface area contributed by atoms with Gasteiger partial charge in [0.1, 0.15) is 5.82 Å². The Labute approximate surface area is 141 Å². The second kappa shape index (κ2) is 8.76. The van der Waals surface area contributed by atoms with Crippen LogP contribution in [0.5, 0.6) is 11.5 Å². The summed E-state index contributed by atoms with van der Waals surface area (Å²) in [5, 5.41) is 3.22. The number of ether oxygens (including phenoxy) is 3. The predicted octanol–water partition coefficient (Wildman–Crippen LogP) is 2.93. The van der Waals surface area contributed by atoms with Crippen LogP contribution in [0.4, 0.5) is 5.82 Å². The summed E-state index contributed by atoms with van der Waals surface area (Å²) in [6.07, 6.45) is 2.32. The van der Waals surface area contributed by atoms with Crippen molar-refractivity contribution in [3.05, 3.63) is 47.7 Å². The maximum absolute atomic E-state index is 11.6. The van der Waals surface area contributed by atoms with Gasteiger partial charge in [-0.2, -0.15) is 0 Å². The lowest BCUT2D eigenvalue weighted by molar-refractivity contribution is 0.0526. The quantitative estimate of drug-likeness (QED) is 0.751. The van der Waals surface area contributed by atoms with Crippen LogP contribution in [0.25, 0.3) is 0 Å². The fourth-order valence-electron chi connectivity index (χ4n) is 2.20. The van der Waals surface area contributed by atoms with Crippen molar-refractivity contribution in [3.63, 3.8) is 0 Å². The van der Waals surface area contributed by atoms with E-state index in [9.17, 15) is 4.79 Å². The number of aromatic nitrogens is 1. The molecule has 0 aliphatic carbocycles. The zero-order valence-corrected chi connectivity index (χ0v) is 14.2. The number of carbonyl (C=O) groups excluding carboxylic acids is 1. The molecule has 0 atom stereocenters. The van der Waals surface area contributed by atoms with E-state index in [1.807, 2.05) is 18.2 Å². The van der Waals surface area contributed by atoms with Gasteiger partial charge in [0.05, 0.1) is 26.4 Å². The highest BCUT2D eigenvalue weighted by atomic mass is 16.5. The van der Waals surface area contributed by atoms with E-state index in [1.165, 1.54) is 6.20 Å². The standard InChI is InChI=1S/C18H22N2O4/c1-4-24-18(21)14-6-8-17(20-12-14)19-10-9-13-5-7-15(22-2)16(11-13)23-3/h5-8,11-12H,4,9-10H2,1-3H3,(H,19,20). The third-order valence-corrected chi connectivity index (χ3v) is 3.44. The second-order valence-electron chi connectivity index (χ2n) is 5.02. The van der Waals surface area contributed by atoms with Crippen molar-refractivity contribution in [3.8, 4) is 11.5 Å². The fourth-order valence-corrected chi connectivity index (χ4v) is 2.20. The van der Waals surface area contributed by atoms with E-state index in [0.29, 0.717) is 36.0 Å². The summed E-state index contributed by atoms with van der Waals surface area (Å²) in [6, 6.07) is 9.31. The molecule has 1 aromatic carbocycles. The zero-order chi connectivity index (χ0) is 17.4. The SMILES string of the molecule is CCOC(=O)c1ccc(NCCc2ccc(OC)c(OC)c2)nc1. The van der Waals surface area contributed by atoms with Crippen molar-refractivity contribution >= 4 is 11.8 Å². The number of hydrogen-bond donors (Lipinski definition) is 1. The molecule has 0 unspecified atom stereocenters. The van der Waals surface area contributed by atoms with E-state index in [1.54, 1.807) is 33.3 Å². The van der Waals surface area contributed by atoms with E-state index in [2.05, 4.69) is 10.3 Å². The van der Waals surface area contributed by atoms with Gasteiger partial charge in [0.25, 0.3) is 0 Å². The first-order valence-electron chi connectivity index (χ1n) is 7.76. The number of carbonyl (C=O) groups is 1. The Balaban J connectivity index is 1.89. The van der Waals surface area contributed by atoms with Gasteiger partial charge in [0.2, 0.25) is 0 Å². The first-order valence-corrected chi connectivity index (χ1v) is 7.76. The van der Waals surface area contributed by atoms with Crippen LogP contribution in [0, 0.1) is 0 Å². The van der Waals surface area contributed by atoms with Gasteiger partial charge in [0, 0.05) is 12.7 Å². The maximum Gasteiger partial charge on any atom is 0.339 e. The Bertz CT molecular complexity index is 671. The highest BCUT2D eigenvalue weighted by Crippen LogP contribution is 2.27. The topological polar surface area (TPSA) is 69.7 Å². The van der Waals surface area contributed by atoms with E-state index in [-0.39, 0.29) is 5.97 Å². The molecule has 2 rings (SSSR count). The van der Waals surface area contributed by atoms with E-state index >= 15 is 0 Å². The molecule has 1 N–H and O–H groups in total. The first-order chi connectivity index (χ1) is 11.7. The summed E-state index contributed by atoms with van der Waals surface area (Å²) in [7, 11) is 3.24. The van der Waals surface area contributed by atoms with Crippen LogP contribution >= 0.6 is 0 Å². The molecule has 0 fully saturated rings. The summed E-state index contributed by atoms with van der Waals surface area (Å²) in [5.41, 5.74) is 1.57. The molecule has 2 aromatic rings. The largest absolute Gasteiger partial charge is 0.493 e. The molecule has 0 saturated carbocycles. The molecule has 0 spiro atoms. The summed E-state index contributed by atoms with van der Waals surface area (Å²) in [4.78, 5) is 15.8. The number of pyridine rings is 1. The molecule has 0 saturated heterocycles. The summed E-state index contributed by atoms with van der Waals surface area (Å²) >= 11 is 0. The van der Waals surface area contributed by atoms with Crippen molar-refractivity contribution in [2.45, 2.75) is 13.3 Å². The minimum atomic E-state index is -0.359. The maximum atomic E-state index is 11.6. The molecule has 1 aromatic heterocycles. The van der Waals surface area contributed by atoms with Crippen LogP contribution in [-0.4, -0.2) is 38.3 Å². The average Bonchev–Trinajstić information content (AvgIpc) is 2.62. The zero-order valence-electron chi connectivity index (χ0n) is 14.2. The van der Waals surface area contributed by atoms with Gasteiger partial charge in [-0.25, -0.2) is 9.78 Å². The minimum Gasteiger partial charge on any atom is -0.493 e. The van der Waals surface area contributed by atoms with Crippen molar-refractivity contribution in [1.82, 2.24) is 4.98 Å². The van der Waals surface area contributed by atoms with Gasteiger partial charge < -0.3 is 19.5 Å². The number of nitrogens with one attached hydrogen (secondary N) is 1. The van der Waals surface area contributed by atoms with Gasteiger partial charge in [0.15, 0.2) is 11.5 Å². The lowest BCUT2D eigenvalue weighted by atomic mass is 10.1. The highest BCUT2D eigenvalue weighted by Gasteiger charge is 2.07. The third kappa shape index (κ3) is 4.62. The van der Waals surface area contributed by atoms with E-state index in [0.717, 1.165) is 12.0 Å². The number of benzene rings is 1. The van der Waals surface area contributed by atoms with Crippen LogP contribution in [0.3, 0.4) is 0 Å². The Morgan fingerprint density at radius 2 is 1.92 bits per heavy atom. The lowest BCUT2D eigenvalue weighted by Gasteiger charge is -2.10. The van der Waals surface area contributed by atoms with E-state index in [4.69, 9.17) is 14.2 Å². The summed E-state index contributed by atoms with van der Waals surface area (Å²) in [5.74, 6) is 1.78. The Hall–Kier alpha value is -2.76. The molecule has 128 valence electrons. The van der Waals surface area contributed by atoms with Gasteiger partial charge in [-0.3, -0.25) is 0 Å². The number of methoxy groups -OCH3 is 2. The molecule has 0 amide bonds. The molecule has 0 bridgehead atoms. The Kier molecular flexibility index (Phi) is 6.42. The van der Waals surface area contributed by atoms with Crippen molar-refractivity contribution in [1.29, 1.82) is 0 Å². The van der Waals surface area contributed by atoms with Crippen LogP contribution in [0.15, 0.2) is 36.5 Å². The van der Waals surface area contributed by atoms with Gasteiger partial charge in [-0.1, -0.05) is 6.07 Å². The first kappa shape index (κ1) is 17.6.